The van der Waals surface area contributed by atoms with Gasteiger partial charge in [-0.05, 0) is 12.1 Å². The summed E-state index contributed by atoms with van der Waals surface area (Å²) in [5, 5.41) is 13.7. The van der Waals surface area contributed by atoms with Crippen LogP contribution in [0.15, 0.2) is 22.0 Å². The molecule has 1 unspecified atom stereocenters. The van der Waals surface area contributed by atoms with Crippen LogP contribution in [0.3, 0.4) is 0 Å². The molecule has 15 heteroatoms. The van der Waals surface area contributed by atoms with Gasteiger partial charge in [-0.25, -0.2) is 8.89 Å². The van der Waals surface area contributed by atoms with Gasteiger partial charge in [-0.3, -0.25) is 4.99 Å². The number of benzene rings is 1. The van der Waals surface area contributed by atoms with Crippen molar-refractivity contribution in [3.8, 4) is 11.8 Å². The Morgan fingerprint density at radius 1 is 1.24 bits per heavy atom. The maximum atomic E-state index is 13.0. The zero-order valence-corrected chi connectivity index (χ0v) is 16.2. The molecule has 6 nitrogen and oxygen atoms in total. The van der Waals surface area contributed by atoms with Gasteiger partial charge in [0.1, 0.15) is 16.7 Å². The Bertz CT molecular complexity index is 1020. The van der Waals surface area contributed by atoms with E-state index in [1.807, 2.05) is 0 Å². The van der Waals surface area contributed by atoms with E-state index in [1.165, 1.54) is 13.1 Å². The van der Waals surface area contributed by atoms with Gasteiger partial charge in [-0.2, -0.15) is 36.7 Å². The van der Waals surface area contributed by atoms with Crippen LogP contribution in [0.2, 0.25) is 10.0 Å². The third-order valence-corrected chi connectivity index (χ3v) is 4.98. The van der Waals surface area contributed by atoms with Crippen molar-refractivity contribution in [1.82, 2.24) is 9.78 Å². The van der Waals surface area contributed by atoms with Gasteiger partial charge in [0.15, 0.2) is 22.3 Å². The van der Waals surface area contributed by atoms with Crippen molar-refractivity contribution in [3.63, 3.8) is 0 Å². The number of aromatic nitrogens is 2. The number of nitrogens with one attached hydrogen (secondary N) is 1. The molecular weight excluding hydrogens is 471 g/mol. The number of alkyl halides is 6. The van der Waals surface area contributed by atoms with E-state index in [4.69, 9.17) is 28.5 Å². The Balaban J connectivity index is 2.86. The zero-order chi connectivity index (χ0) is 22.1. The number of nitriles is 1. The zero-order valence-electron chi connectivity index (χ0n) is 13.9. The van der Waals surface area contributed by atoms with Crippen LogP contribution < -0.4 is 5.32 Å². The van der Waals surface area contributed by atoms with Crippen molar-refractivity contribution in [2.75, 3.05) is 12.4 Å². The van der Waals surface area contributed by atoms with Crippen LogP contribution in [0.4, 0.5) is 32.2 Å². The third kappa shape index (κ3) is 4.65. The first-order chi connectivity index (χ1) is 13.3. The van der Waals surface area contributed by atoms with E-state index in [0.717, 1.165) is 6.34 Å². The minimum absolute atomic E-state index is 0.463. The SMILES string of the molecule is CN=CNc1c(S(=O)C(F)(F)F)c(C#N)nn1-c1c(Cl)cc(C(F)(F)F)cc1Cl. The molecule has 0 aliphatic rings. The van der Waals surface area contributed by atoms with Crippen LogP contribution in [0, 0.1) is 11.3 Å². The maximum absolute atomic E-state index is 13.0. The number of hydrogen-bond donors (Lipinski definition) is 1. The second-order valence-electron chi connectivity index (χ2n) is 5.08. The molecule has 0 fully saturated rings. The second kappa shape index (κ2) is 8.21. The highest BCUT2D eigenvalue weighted by Crippen LogP contribution is 2.40. The molecule has 0 saturated carbocycles. The summed E-state index contributed by atoms with van der Waals surface area (Å²) in [5.74, 6) is -0.661. The average molecular weight is 478 g/mol. The Morgan fingerprint density at radius 3 is 2.21 bits per heavy atom. The molecular formula is C14H7Cl2F6N5OS. The van der Waals surface area contributed by atoms with E-state index in [2.05, 4.69) is 15.4 Å². The van der Waals surface area contributed by atoms with Crippen molar-refractivity contribution in [2.45, 2.75) is 16.6 Å². The molecule has 0 bridgehead atoms. The van der Waals surface area contributed by atoms with Gasteiger partial charge in [-0.15, -0.1) is 0 Å². The van der Waals surface area contributed by atoms with Gasteiger partial charge < -0.3 is 5.32 Å². The Morgan fingerprint density at radius 2 is 1.79 bits per heavy atom. The van der Waals surface area contributed by atoms with Crippen LogP contribution in [-0.2, 0) is 17.0 Å². The highest BCUT2D eigenvalue weighted by Gasteiger charge is 2.43. The molecule has 0 saturated heterocycles. The monoisotopic (exact) mass is 477 g/mol. The fourth-order valence-corrected chi connectivity index (χ4v) is 3.58. The molecule has 1 atom stereocenters. The maximum Gasteiger partial charge on any atom is 0.476 e. The summed E-state index contributed by atoms with van der Waals surface area (Å²) in [6.07, 6.45) is -3.91. The quantitative estimate of drug-likeness (QED) is 0.390. The average Bonchev–Trinajstić information content (AvgIpc) is 2.94. The topological polar surface area (TPSA) is 83.1 Å². The van der Waals surface area contributed by atoms with E-state index in [-0.39, 0.29) is 0 Å². The van der Waals surface area contributed by atoms with Gasteiger partial charge in [-0.1, -0.05) is 23.2 Å². The van der Waals surface area contributed by atoms with Crippen molar-refractivity contribution in [3.05, 3.63) is 33.4 Å². The van der Waals surface area contributed by atoms with E-state index in [9.17, 15) is 30.6 Å². The number of halogens is 8. The van der Waals surface area contributed by atoms with Crippen LogP contribution in [0.25, 0.3) is 5.69 Å². The lowest BCUT2D eigenvalue weighted by atomic mass is 10.2. The van der Waals surface area contributed by atoms with E-state index in [0.29, 0.717) is 16.8 Å². The van der Waals surface area contributed by atoms with Gasteiger partial charge in [0.05, 0.1) is 21.9 Å². The standard InChI is InChI=1S/C14H7Cl2F6N5OS/c1-24-5-25-12-11(29(28)14(20,21)22)9(4-23)26-27(12)10-7(15)2-6(3-8(10)16)13(17,18)19/h2-3,5H,1H3,(H,24,25). The number of anilines is 1. The molecule has 1 heterocycles. The molecule has 1 N–H and O–H groups in total. The molecule has 29 heavy (non-hydrogen) atoms. The first-order valence-corrected chi connectivity index (χ1v) is 8.99. The smallest absolute Gasteiger partial charge is 0.330 e. The lowest BCUT2D eigenvalue weighted by Gasteiger charge is -2.15. The first kappa shape index (κ1) is 23.0. The second-order valence-corrected chi connectivity index (χ2v) is 7.31. The largest absolute Gasteiger partial charge is 0.476 e. The van der Waals surface area contributed by atoms with Gasteiger partial charge >= 0.3 is 11.7 Å². The van der Waals surface area contributed by atoms with Crippen LogP contribution in [0.1, 0.15) is 11.3 Å². The van der Waals surface area contributed by atoms with Crippen LogP contribution in [0.5, 0.6) is 0 Å². The fraction of sp³-hybridized carbons (Fsp3) is 0.214. The molecule has 1 aromatic heterocycles. The summed E-state index contributed by atoms with van der Waals surface area (Å²) >= 11 is 11.7. The van der Waals surface area contributed by atoms with E-state index >= 15 is 0 Å². The predicted octanol–water partition coefficient (Wildman–Crippen LogP) is 4.77. The normalized spacial score (nSPS) is 13.5. The fourth-order valence-electron chi connectivity index (χ4n) is 2.11. The summed E-state index contributed by atoms with van der Waals surface area (Å²) in [6, 6.07) is 2.32. The van der Waals surface area contributed by atoms with Gasteiger partial charge in [0.2, 0.25) is 0 Å². The Kier molecular flexibility index (Phi) is 6.51. The predicted molar refractivity (Wildman–Crippen MR) is 93.8 cm³/mol. The molecule has 156 valence electrons. The highest BCUT2D eigenvalue weighted by atomic mass is 35.5. The minimum atomic E-state index is -5.26. The number of hydrogen-bond acceptors (Lipinski definition) is 4. The highest BCUT2D eigenvalue weighted by molar-refractivity contribution is 7.86. The number of nitrogens with zero attached hydrogens (tertiary/aromatic N) is 4. The van der Waals surface area contributed by atoms with E-state index in [1.54, 1.807) is 0 Å². The van der Waals surface area contributed by atoms with Crippen LogP contribution >= 0.6 is 23.2 Å². The van der Waals surface area contributed by atoms with Crippen molar-refractivity contribution < 1.29 is 30.6 Å². The molecule has 1 aromatic carbocycles. The lowest BCUT2D eigenvalue weighted by Crippen LogP contribution is -2.18. The number of aliphatic imine (C=N–C) groups is 1. The third-order valence-electron chi connectivity index (χ3n) is 3.23. The lowest BCUT2D eigenvalue weighted by molar-refractivity contribution is -0.137. The molecule has 0 spiro atoms. The molecule has 2 rings (SSSR count). The molecule has 0 radical (unpaired) electrons. The van der Waals surface area contributed by atoms with Crippen molar-refractivity contribution in [1.29, 1.82) is 5.26 Å². The minimum Gasteiger partial charge on any atom is -0.330 e. The molecule has 2 aromatic rings. The summed E-state index contributed by atoms with van der Waals surface area (Å²) < 4.78 is 90.3. The summed E-state index contributed by atoms with van der Waals surface area (Å²) in [6.45, 7) is 0. The molecule has 0 amide bonds. The number of rotatable bonds is 4. The van der Waals surface area contributed by atoms with Crippen LogP contribution in [-0.4, -0.2) is 32.9 Å². The van der Waals surface area contributed by atoms with Crippen molar-refractivity contribution >= 4 is 46.2 Å². The van der Waals surface area contributed by atoms with Crippen molar-refractivity contribution in [2.24, 2.45) is 4.99 Å². The summed E-state index contributed by atoms with van der Waals surface area (Å²) in [5.41, 5.74) is -7.84. The Labute approximate surface area is 171 Å². The van der Waals surface area contributed by atoms with Gasteiger partial charge in [0.25, 0.3) is 0 Å². The molecule has 0 aliphatic heterocycles. The summed E-state index contributed by atoms with van der Waals surface area (Å²) in [7, 11) is -2.46. The first-order valence-electron chi connectivity index (χ1n) is 7.08. The molecule has 0 aliphatic carbocycles. The Hall–Kier alpha value is -2.30. The van der Waals surface area contributed by atoms with E-state index < -0.39 is 60.2 Å². The van der Waals surface area contributed by atoms with Gasteiger partial charge in [0, 0.05) is 7.05 Å². The summed E-state index contributed by atoms with van der Waals surface area (Å²) in [4.78, 5) is 2.44.